The summed E-state index contributed by atoms with van der Waals surface area (Å²) >= 11 is 12.0. The highest BCUT2D eigenvalue weighted by Crippen LogP contribution is 2.44. The molecule has 39 heavy (non-hydrogen) atoms. The number of nitrogens with zero attached hydrogens (tertiary/aromatic N) is 3. The zero-order chi connectivity index (χ0) is 27.5. The maximum Gasteiger partial charge on any atom is 0.250 e. The van der Waals surface area contributed by atoms with E-state index in [0.29, 0.717) is 27.9 Å². The number of amides is 1. The van der Waals surface area contributed by atoms with E-state index in [9.17, 15) is 9.18 Å². The Kier molecular flexibility index (Phi) is 7.78. The third kappa shape index (κ3) is 5.31. The van der Waals surface area contributed by atoms with Crippen LogP contribution in [0.1, 0.15) is 23.5 Å². The number of ether oxygens (including phenoxy) is 2. The van der Waals surface area contributed by atoms with Crippen molar-refractivity contribution >= 4 is 46.2 Å². The first kappa shape index (κ1) is 26.6. The summed E-state index contributed by atoms with van der Waals surface area (Å²) in [7, 11) is 2.98. The van der Waals surface area contributed by atoms with E-state index in [1.165, 1.54) is 20.3 Å². The number of carbonyl (C=O) groups is 1. The number of hydrogen-bond donors (Lipinski definition) is 2. The summed E-state index contributed by atoms with van der Waals surface area (Å²) in [5.41, 5.74) is 3.54. The highest BCUT2D eigenvalue weighted by Gasteiger charge is 2.42. The molecule has 1 saturated heterocycles. The summed E-state index contributed by atoms with van der Waals surface area (Å²) < 4.78 is 26.3. The van der Waals surface area contributed by atoms with Gasteiger partial charge in [0.25, 0.3) is 0 Å². The zero-order valence-electron chi connectivity index (χ0n) is 21.1. The van der Waals surface area contributed by atoms with Crippen molar-refractivity contribution < 1.29 is 18.7 Å². The van der Waals surface area contributed by atoms with Crippen LogP contribution in [0.2, 0.25) is 5.02 Å². The molecule has 1 aliphatic heterocycles. The van der Waals surface area contributed by atoms with Crippen LogP contribution in [-0.4, -0.2) is 41.4 Å². The molecule has 0 unspecified atom stereocenters. The van der Waals surface area contributed by atoms with Crippen LogP contribution in [-0.2, 0) is 9.53 Å². The monoisotopic (exact) mass is 565 g/mol. The lowest BCUT2D eigenvalue weighted by Gasteiger charge is -2.29. The topological polar surface area (TPSA) is 80.7 Å². The number of rotatable bonds is 8. The molecule has 1 amide bonds. The number of benzene rings is 2. The normalized spacial score (nSPS) is 16.7. The Morgan fingerprint density at radius 2 is 1.95 bits per heavy atom. The molecule has 0 saturated carbocycles. The fourth-order valence-corrected chi connectivity index (χ4v) is 5.22. The van der Waals surface area contributed by atoms with E-state index in [0.717, 1.165) is 11.4 Å². The number of hydrogen-bond acceptors (Lipinski definition) is 5. The molecule has 8 nitrogen and oxygen atoms in total. The van der Waals surface area contributed by atoms with E-state index in [2.05, 4.69) is 15.6 Å². The first-order valence-electron chi connectivity index (χ1n) is 12.0. The van der Waals surface area contributed by atoms with Crippen molar-refractivity contribution in [3.05, 3.63) is 101 Å². The van der Waals surface area contributed by atoms with Crippen LogP contribution >= 0.6 is 23.8 Å². The first-order valence-corrected chi connectivity index (χ1v) is 12.8. The van der Waals surface area contributed by atoms with Crippen LogP contribution < -0.4 is 20.3 Å². The lowest BCUT2D eigenvalue weighted by Crippen LogP contribution is -2.30. The number of methoxy groups -OCH3 is 2. The molecule has 1 aliphatic rings. The van der Waals surface area contributed by atoms with Crippen LogP contribution in [0.4, 0.5) is 15.8 Å². The van der Waals surface area contributed by atoms with Crippen molar-refractivity contribution in [1.82, 2.24) is 14.9 Å². The molecule has 0 bridgehead atoms. The van der Waals surface area contributed by atoms with Gasteiger partial charge >= 0.3 is 0 Å². The number of aromatic nitrogens is 2. The summed E-state index contributed by atoms with van der Waals surface area (Å²) in [6.45, 7) is -0.102. The SMILES string of the molecule is COCC(=O)Nc1cc(N2C(=S)N[C@H](c3ccccn3)[C@H]2c2cccn2-c2ccc(F)c(Cl)c2)ccc1OC. The molecule has 2 atom stereocenters. The molecule has 3 heterocycles. The first-order chi connectivity index (χ1) is 18.9. The molecular formula is C28H25ClFN5O3S. The molecule has 200 valence electrons. The Balaban J connectivity index is 1.63. The van der Waals surface area contributed by atoms with Gasteiger partial charge in [-0.15, -0.1) is 0 Å². The second-order valence-corrected chi connectivity index (χ2v) is 9.56. The Morgan fingerprint density at radius 1 is 1.13 bits per heavy atom. The van der Waals surface area contributed by atoms with Crippen LogP contribution in [0.15, 0.2) is 79.1 Å². The minimum absolute atomic E-state index is 0.0250. The molecule has 5 rings (SSSR count). The number of halogens is 2. The molecule has 0 radical (unpaired) electrons. The van der Waals surface area contributed by atoms with Crippen molar-refractivity contribution in [2.24, 2.45) is 0 Å². The number of pyridine rings is 1. The fraction of sp³-hybridized carbons (Fsp3) is 0.179. The lowest BCUT2D eigenvalue weighted by molar-refractivity contribution is -0.119. The molecule has 2 aromatic carbocycles. The average Bonchev–Trinajstić information content (AvgIpc) is 3.55. The minimum atomic E-state index is -0.493. The van der Waals surface area contributed by atoms with Gasteiger partial charge in [-0.2, -0.15) is 0 Å². The van der Waals surface area contributed by atoms with Gasteiger partial charge in [-0.1, -0.05) is 17.7 Å². The molecule has 2 aromatic heterocycles. The fourth-order valence-electron chi connectivity index (χ4n) is 4.70. The van der Waals surface area contributed by atoms with Crippen molar-refractivity contribution in [1.29, 1.82) is 0 Å². The second kappa shape index (κ2) is 11.4. The van der Waals surface area contributed by atoms with E-state index < -0.39 is 5.82 Å². The van der Waals surface area contributed by atoms with Gasteiger partial charge in [-0.3, -0.25) is 9.78 Å². The van der Waals surface area contributed by atoms with Crippen LogP contribution in [0.25, 0.3) is 5.69 Å². The predicted octanol–water partition coefficient (Wildman–Crippen LogP) is 5.44. The molecule has 11 heteroatoms. The highest BCUT2D eigenvalue weighted by molar-refractivity contribution is 7.80. The Morgan fingerprint density at radius 3 is 2.67 bits per heavy atom. The maximum atomic E-state index is 14.0. The van der Waals surface area contributed by atoms with E-state index in [4.69, 9.17) is 33.3 Å². The number of anilines is 2. The third-order valence-electron chi connectivity index (χ3n) is 6.37. The van der Waals surface area contributed by atoms with Crippen LogP contribution in [0, 0.1) is 5.82 Å². The Bertz CT molecular complexity index is 1520. The number of nitrogens with one attached hydrogen (secondary N) is 2. The zero-order valence-corrected chi connectivity index (χ0v) is 22.7. The highest BCUT2D eigenvalue weighted by atomic mass is 35.5. The molecule has 1 fully saturated rings. The summed E-state index contributed by atoms with van der Waals surface area (Å²) in [6, 6.07) is 18.9. The van der Waals surface area contributed by atoms with Gasteiger partial charge in [0.2, 0.25) is 5.91 Å². The van der Waals surface area contributed by atoms with Gasteiger partial charge in [0.05, 0.1) is 29.6 Å². The average molecular weight is 566 g/mol. The third-order valence-corrected chi connectivity index (χ3v) is 6.98. The van der Waals surface area contributed by atoms with Crippen molar-refractivity contribution in [2.75, 3.05) is 31.0 Å². The maximum absolute atomic E-state index is 14.0. The van der Waals surface area contributed by atoms with Crippen LogP contribution in [0.3, 0.4) is 0 Å². The number of thiocarbonyl (C=S) groups is 1. The smallest absolute Gasteiger partial charge is 0.250 e. The predicted molar refractivity (Wildman–Crippen MR) is 152 cm³/mol. The molecule has 4 aromatic rings. The summed E-state index contributed by atoms with van der Waals surface area (Å²) in [5.74, 6) is -0.324. The van der Waals surface area contributed by atoms with Gasteiger partial charge in [-0.05, 0) is 72.9 Å². The second-order valence-electron chi connectivity index (χ2n) is 8.76. The van der Waals surface area contributed by atoms with E-state index in [1.807, 2.05) is 52.1 Å². The van der Waals surface area contributed by atoms with Gasteiger partial charge in [0.1, 0.15) is 24.2 Å². The van der Waals surface area contributed by atoms with Crippen LogP contribution in [0.5, 0.6) is 5.75 Å². The van der Waals surface area contributed by atoms with E-state index >= 15 is 0 Å². The van der Waals surface area contributed by atoms with Gasteiger partial charge in [0.15, 0.2) is 5.11 Å². The summed E-state index contributed by atoms with van der Waals surface area (Å²) in [4.78, 5) is 18.9. The van der Waals surface area contributed by atoms with Crippen molar-refractivity contribution in [3.8, 4) is 11.4 Å². The standard InChI is InChI=1S/C28H25ClFN5O3S/c1-37-16-25(36)32-22-15-18(9-11-24(22)38-2)35-27(26(33-28(35)39)21-6-3-4-12-31-21)23-7-5-13-34(23)17-8-10-20(30)19(29)14-17/h3-15,26-27H,16H2,1-2H3,(H,32,36)(H,33,39)/t26-,27-/m1/s1. The van der Waals surface area contributed by atoms with Gasteiger partial charge < -0.3 is 29.6 Å². The largest absolute Gasteiger partial charge is 0.495 e. The quantitative estimate of drug-likeness (QED) is 0.276. The summed E-state index contributed by atoms with van der Waals surface area (Å²) in [6.07, 6.45) is 3.62. The molecule has 0 spiro atoms. The lowest BCUT2D eigenvalue weighted by atomic mass is 10.0. The Labute approximate surface area is 235 Å². The molecular weight excluding hydrogens is 541 g/mol. The molecule has 2 N–H and O–H groups in total. The van der Waals surface area contributed by atoms with E-state index in [1.54, 1.807) is 30.5 Å². The van der Waals surface area contributed by atoms with Crippen molar-refractivity contribution in [3.63, 3.8) is 0 Å². The number of carbonyl (C=O) groups excluding carboxylic acids is 1. The molecule has 0 aliphatic carbocycles. The van der Waals surface area contributed by atoms with Gasteiger partial charge in [-0.25, -0.2) is 4.39 Å². The van der Waals surface area contributed by atoms with E-state index in [-0.39, 0.29) is 29.6 Å². The van der Waals surface area contributed by atoms with Gasteiger partial charge in [0, 0.05) is 36.6 Å². The Hall–Kier alpha value is -3.99. The summed E-state index contributed by atoms with van der Waals surface area (Å²) in [5, 5.41) is 6.75. The van der Waals surface area contributed by atoms with Crippen molar-refractivity contribution in [2.45, 2.75) is 12.1 Å². The minimum Gasteiger partial charge on any atom is -0.495 e.